The molecular weight excluding hydrogens is 880 g/mol. The Labute approximate surface area is 411 Å². The zero-order valence-electron chi connectivity index (χ0n) is 40.2. The molecule has 0 fully saturated rings. The predicted octanol–water partition coefficient (Wildman–Crippen LogP) is 17.4. The first-order chi connectivity index (χ1) is 32.6. The van der Waals surface area contributed by atoms with E-state index in [4.69, 9.17) is 0 Å². The second-order valence-corrected chi connectivity index (χ2v) is 25.5. The van der Waals surface area contributed by atoms with Gasteiger partial charge >= 0.3 is 0 Å². The Morgan fingerprint density at radius 3 is 1.91 bits per heavy atom. The molecule has 0 unspecified atom stereocenters. The molecule has 8 aromatic carbocycles. The van der Waals surface area contributed by atoms with Gasteiger partial charge in [-0.1, -0.05) is 147 Å². The number of benzene rings is 8. The second-order valence-electron chi connectivity index (χ2n) is 22.3. The number of nitrogens with one attached hydrogen (secondary N) is 1. The fraction of sp³-hybridized carbons (Fsp3) is 0.194. The lowest BCUT2D eigenvalue weighted by Gasteiger charge is -2.25. The van der Waals surface area contributed by atoms with Crippen LogP contribution in [0.1, 0.15) is 79.0 Å². The van der Waals surface area contributed by atoms with Gasteiger partial charge in [0.25, 0.3) is 0 Å². The summed E-state index contributed by atoms with van der Waals surface area (Å²) in [4.78, 5) is 1.31. The van der Waals surface area contributed by atoms with Crippen LogP contribution in [0.3, 0.4) is 0 Å². The van der Waals surface area contributed by atoms with Gasteiger partial charge in [-0.3, -0.25) is 0 Å². The van der Waals surface area contributed by atoms with E-state index in [2.05, 4.69) is 218 Å². The smallest absolute Gasteiger partial charge is 0.198 e. The molecule has 0 amide bonds. The second kappa shape index (κ2) is 14.7. The van der Waals surface area contributed by atoms with Gasteiger partial charge in [0, 0.05) is 83.3 Å². The van der Waals surface area contributed by atoms with Crippen molar-refractivity contribution in [2.75, 3.05) is 5.32 Å². The maximum atomic E-state index is 4.08. The van der Waals surface area contributed by atoms with Gasteiger partial charge in [-0.05, 0) is 122 Å². The maximum Gasteiger partial charge on any atom is 0.198 e. The molecule has 1 aliphatic rings. The molecule has 0 saturated carbocycles. The molecule has 2 nitrogen and oxygen atoms in total. The Hall–Kier alpha value is -6.18. The SMILES string of the molecule is CC(C)(C)c1ccc(Nc2cc3sc4ccc(C(C)(C)C)cc4c3cc2-c2c3c4c(c5cc(C(C)(C)C)ccc5n4-c4cc5sc(-c6ccccc6)cc5cc4B3)c3sc4ccccc4c23)cc1. The lowest BCUT2D eigenvalue weighted by atomic mass is 9.58. The molecule has 1 N–H and O–H groups in total. The average Bonchev–Trinajstić information content (AvgIpc) is 4.08. The number of aromatic nitrogens is 1. The molecule has 0 atom stereocenters. The fourth-order valence-corrected chi connectivity index (χ4v) is 14.4. The molecule has 5 heterocycles. The summed E-state index contributed by atoms with van der Waals surface area (Å²) in [6.07, 6.45) is 0. The fourth-order valence-electron chi connectivity index (χ4n) is 10.9. The predicted molar refractivity (Wildman–Crippen MR) is 305 cm³/mol. The van der Waals surface area contributed by atoms with Gasteiger partial charge in [0.2, 0.25) is 0 Å². The van der Waals surface area contributed by atoms with Gasteiger partial charge in [-0.2, -0.15) is 0 Å². The van der Waals surface area contributed by atoms with Gasteiger partial charge in [0.15, 0.2) is 7.28 Å². The van der Waals surface area contributed by atoms with Crippen LogP contribution in [0.2, 0.25) is 0 Å². The van der Waals surface area contributed by atoms with Gasteiger partial charge in [0.1, 0.15) is 0 Å². The van der Waals surface area contributed by atoms with Gasteiger partial charge in [-0.15, -0.1) is 34.0 Å². The standard InChI is InChI=1S/C62H53BN2S3/c1-60(2,3)36-19-23-39(24-20-36)64-46-32-53-42(41-29-38(62(7,8)9)22-26-50(41)66-53)31-43(46)54-55-40-17-13-14-18-49(40)68-59(55)56-44-30-37(61(4,5)6)21-25-47(44)65-48-33-52-35(27-45(48)63-57(54)58(56)65)28-51(67-52)34-15-11-10-12-16-34/h10-33,63-64H,1-9H3. The molecule has 332 valence electrons. The van der Waals surface area contributed by atoms with E-state index in [1.165, 1.54) is 127 Å². The number of thiophene rings is 3. The first kappa shape index (κ1) is 42.0. The molecule has 13 rings (SSSR count). The monoisotopic (exact) mass is 932 g/mol. The summed E-state index contributed by atoms with van der Waals surface area (Å²) in [5, 5.41) is 13.4. The quantitative estimate of drug-likeness (QED) is 0.174. The zero-order valence-corrected chi connectivity index (χ0v) is 42.7. The molecule has 0 saturated heterocycles. The number of hydrogen-bond donors (Lipinski definition) is 1. The highest BCUT2D eigenvalue weighted by Crippen LogP contribution is 2.51. The maximum absolute atomic E-state index is 4.08. The minimum atomic E-state index is -0.00303. The highest BCUT2D eigenvalue weighted by molar-refractivity contribution is 7.27. The normalized spacial score (nSPS) is 13.2. The van der Waals surface area contributed by atoms with Crippen LogP contribution in [0.5, 0.6) is 0 Å². The Bertz CT molecular complexity index is 4060. The number of fused-ring (bicyclic) bond motifs is 13. The number of anilines is 2. The van der Waals surface area contributed by atoms with Crippen LogP contribution >= 0.6 is 34.0 Å². The van der Waals surface area contributed by atoms with E-state index in [1.807, 2.05) is 34.0 Å². The third kappa shape index (κ3) is 6.47. The summed E-state index contributed by atoms with van der Waals surface area (Å²) in [5.41, 5.74) is 16.9. The Morgan fingerprint density at radius 1 is 0.500 bits per heavy atom. The van der Waals surface area contributed by atoms with Crippen LogP contribution in [-0.4, -0.2) is 11.8 Å². The summed E-state index contributed by atoms with van der Waals surface area (Å²) in [5.74, 6) is 0. The van der Waals surface area contributed by atoms with Crippen molar-refractivity contribution in [2.45, 2.75) is 78.6 Å². The van der Waals surface area contributed by atoms with E-state index in [-0.39, 0.29) is 16.2 Å². The van der Waals surface area contributed by atoms with Crippen LogP contribution in [-0.2, 0) is 16.2 Å². The number of nitrogens with zero attached hydrogens (tertiary/aromatic N) is 1. The van der Waals surface area contributed by atoms with Crippen LogP contribution in [0, 0.1) is 0 Å². The van der Waals surface area contributed by atoms with E-state index in [0.29, 0.717) is 0 Å². The van der Waals surface area contributed by atoms with Crippen molar-refractivity contribution in [3.63, 3.8) is 0 Å². The zero-order chi connectivity index (χ0) is 46.6. The molecule has 12 aromatic rings. The molecule has 0 radical (unpaired) electrons. The van der Waals surface area contributed by atoms with Gasteiger partial charge < -0.3 is 9.88 Å². The lowest BCUT2D eigenvalue weighted by molar-refractivity contribution is 0.590. The topological polar surface area (TPSA) is 17.0 Å². The minimum absolute atomic E-state index is 0.00303. The molecule has 0 aliphatic carbocycles. The van der Waals surface area contributed by atoms with E-state index in [1.54, 1.807) is 0 Å². The Balaban J connectivity index is 1.18. The van der Waals surface area contributed by atoms with E-state index >= 15 is 0 Å². The van der Waals surface area contributed by atoms with Crippen molar-refractivity contribution in [3.05, 3.63) is 162 Å². The summed E-state index contributed by atoms with van der Waals surface area (Å²) in [6, 6.07) is 56.1. The third-order valence-electron chi connectivity index (χ3n) is 14.7. The molecule has 0 bridgehead atoms. The Kier molecular flexibility index (Phi) is 9.05. The number of rotatable bonds is 4. The lowest BCUT2D eigenvalue weighted by Crippen LogP contribution is -2.37. The van der Waals surface area contributed by atoms with Crippen LogP contribution in [0.15, 0.2) is 146 Å². The van der Waals surface area contributed by atoms with Crippen molar-refractivity contribution in [1.29, 1.82) is 0 Å². The first-order valence-electron chi connectivity index (χ1n) is 24.0. The molecule has 68 heavy (non-hydrogen) atoms. The average molecular weight is 933 g/mol. The van der Waals surface area contributed by atoms with Crippen LogP contribution in [0.4, 0.5) is 11.4 Å². The van der Waals surface area contributed by atoms with Gasteiger partial charge in [-0.25, -0.2) is 0 Å². The highest BCUT2D eigenvalue weighted by Gasteiger charge is 2.33. The van der Waals surface area contributed by atoms with E-state index in [0.717, 1.165) is 18.7 Å². The first-order valence-corrected chi connectivity index (χ1v) is 26.5. The third-order valence-corrected chi connectivity index (χ3v) is 18.1. The van der Waals surface area contributed by atoms with Crippen molar-refractivity contribution in [1.82, 2.24) is 4.57 Å². The van der Waals surface area contributed by atoms with Crippen molar-refractivity contribution in [2.24, 2.45) is 0 Å². The molecular formula is C62H53BN2S3. The number of hydrogen-bond acceptors (Lipinski definition) is 4. The summed E-state index contributed by atoms with van der Waals surface area (Å²) in [6.45, 7) is 20.9. The van der Waals surface area contributed by atoms with Crippen LogP contribution in [0.25, 0.3) is 99.5 Å². The van der Waals surface area contributed by atoms with Crippen molar-refractivity contribution < 1.29 is 0 Å². The van der Waals surface area contributed by atoms with E-state index in [9.17, 15) is 0 Å². The molecule has 0 spiro atoms. The van der Waals surface area contributed by atoms with Crippen LogP contribution < -0.4 is 16.2 Å². The van der Waals surface area contributed by atoms with Gasteiger partial charge in [0.05, 0.1) is 11.0 Å². The molecule has 6 heteroatoms. The summed E-state index contributed by atoms with van der Waals surface area (Å²) < 4.78 is 9.30. The Morgan fingerprint density at radius 2 is 1.16 bits per heavy atom. The van der Waals surface area contributed by atoms with E-state index < -0.39 is 0 Å². The largest absolute Gasteiger partial charge is 0.355 e. The molecule has 1 aliphatic heterocycles. The summed E-state index contributed by atoms with van der Waals surface area (Å²) >= 11 is 5.78. The summed E-state index contributed by atoms with van der Waals surface area (Å²) in [7, 11) is 0.826. The molecule has 4 aromatic heterocycles. The van der Waals surface area contributed by atoms with Crippen molar-refractivity contribution in [3.8, 4) is 27.3 Å². The van der Waals surface area contributed by atoms with Crippen molar-refractivity contribution >= 4 is 136 Å². The minimum Gasteiger partial charge on any atom is -0.355 e. The highest BCUT2D eigenvalue weighted by atomic mass is 32.1.